The molecule has 8 nitrogen and oxygen atoms in total. The van der Waals surface area contributed by atoms with E-state index in [0.29, 0.717) is 64.5 Å². The largest absolute Gasteiger partial charge is 0.507 e. The second-order valence-electron chi connectivity index (χ2n) is 9.40. The summed E-state index contributed by atoms with van der Waals surface area (Å²) in [7, 11) is 1.58. The number of phenols is 1. The third-order valence-electron chi connectivity index (χ3n) is 6.41. The number of fused-ring (bicyclic) bond motifs is 1. The molecule has 0 radical (unpaired) electrons. The van der Waals surface area contributed by atoms with Crippen LogP contribution in [0, 0.1) is 12.8 Å². The number of phenolic OH excluding ortho intramolecular Hbond substituents is 1. The predicted octanol–water partition coefficient (Wildman–Crippen LogP) is 5.11. The molecule has 36 heavy (non-hydrogen) atoms. The van der Waals surface area contributed by atoms with Crippen LogP contribution in [-0.2, 0) is 0 Å². The first-order valence-corrected chi connectivity index (χ1v) is 12.4. The van der Waals surface area contributed by atoms with Gasteiger partial charge in [0.15, 0.2) is 11.5 Å². The van der Waals surface area contributed by atoms with Crippen molar-refractivity contribution in [1.82, 2.24) is 15.1 Å². The van der Waals surface area contributed by atoms with Gasteiger partial charge >= 0.3 is 0 Å². The lowest BCUT2D eigenvalue weighted by atomic mass is 9.95. The number of aliphatic hydroxyl groups is 1. The lowest BCUT2D eigenvalue weighted by Gasteiger charge is -2.27. The number of carbonyl (C=O) groups is 1. The first-order valence-electron chi connectivity index (χ1n) is 12.1. The molecule has 1 atom stereocenters. The van der Waals surface area contributed by atoms with Crippen LogP contribution in [0.3, 0.4) is 0 Å². The number of ether oxygens (including phenoxy) is 2. The van der Waals surface area contributed by atoms with E-state index in [0.717, 1.165) is 17.5 Å². The highest BCUT2D eigenvalue weighted by Gasteiger charge is 2.42. The quantitative estimate of drug-likeness (QED) is 0.348. The molecule has 3 aromatic rings. The molecule has 0 fully saturated rings. The third-order valence-corrected chi connectivity index (χ3v) is 6.82. The van der Waals surface area contributed by atoms with Crippen LogP contribution in [0.2, 0.25) is 5.02 Å². The number of halogens is 1. The Morgan fingerprint density at radius 3 is 2.69 bits per heavy atom. The summed E-state index contributed by atoms with van der Waals surface area (Å²) in [5.41, 5.74) is 3.41. The Bertz CT molecular complexity index is 1260. The van der Waals surface area contributed by atoms with E-state index in [4.69, 9.17) is 21.1 Å². The number of aromatic nitrogens is 2. The van der Waals surface area contributed by atoms with E-state index < -0.39 is 6.04 Å². The molecule has 1 aliphatic heterocycles. The van der Waals surface area contributed by atoms with Crippen LogP contribution in [0.4, 0.5) is 0 Å². The number of nitrogens with one attached hydrogen (secondary N) is 1. The van der Waals surface area contributed by atoms with Crippen LogP contribution < -0.4 is 9.47 Å². The maximum absolute atomic E-state index is 13.4. The van der Waals surface area contributed by atoms with Crippen LogP contribution in [0.1, 0.15) is 59.9 Å². The van der Waals surface area contributed by atoms with Gasteiger partial charge in [0.25, 0.3) is 5.91 Å². The average molecular weight is 514 g/mol. The average Bonchev–Trinajstić information content (AvgIpc) is 3.38. The molecular weight excluding hydrogens is 482 g/mol. The molecular formula is C27H32ClN3O5. The minimum absolute atomic E-state index is 0.0256. The van der Waals surface area contributed by atoms with Gasteiger partial charge in [0.05, 0.1) is 19.8 Å². The minimum Gasteiger partial charge on any atom is -0.507 e. The van der Waals surface area contributed by atoms with Crippen molar-refractivity contribution in [2.24, 2.45) is 5.92 Å². The van der Waals surface area contributed by atoms with E-state index in [-0.39, 0.29) is 18.3 Å². The van der Waals surface area contributed by atoms with E-state index in [1.54, 1.807) is 31.1 Å². The summed E-state index contributed by atoms with van der Waals surface area (Å²) in [5.74, 6) is 1.51. The summed E-state index contributed by atoms with van der Waals surface area (Å²) < 4.78 is 11.6. The number of hydrogen-bond donors (Lipinski definition) is 3. The molecule has 0 saturated heterocycles. The highest BCUT2D eigenvalue weighted by atomic mass is 35.5. The summed E-state index contributed by atoms with van der Waals surface area (Å²) >= 11 is 6.37. The smallest absolute Gasteiger partial charge is 0.273 e. The van der Waals surface area contributed by atoms with Crippen molar-refractivity contribution in [2.45, 2.75) is 39.7 Å². The third kappa shape index (κ3) is 4.88. The van der Waals surface area contributed by atoms with Gasteiger partial charge < -0.3 is 24.6 Å². The highest BCUT2D eigenvalue weighted by Crippen LogP contribution is 2.46. The zero-order chi connectivity index (χ0) is 26.0. The van der Waals surface area contributed by atoms with Crippen LogP contribution in [0.5, 0.6) is 17.2 Å². The van der Waals surface area contributed by atoms with Crippen molar-refractivity contribution >= 4 is 17.5 Å². The molecule has 1 aromatic heterocycles. The van der Waals surface area contributed by atoms with Gasteiger partial charge in [-0.15, -0.1) is 0 Å². The van der Waals surface area contributed by atoms with Crippen molar-refractivity contribution < 1.29 is 24.5 Å². The van der Waals surface area contributed by atoms with Gasteiger partial charge in [0.2, 0.25) is 0 Å². The number of nitrogens with zero attached hydrogens (tertiary/aromatic N) is 2. The Labute approximate surface area is 215 Å². The summed E-state index contributed by atoms with van der Waals surface area (Å²) in [5, 5.41) is 27.9. The molecule has 1 unspecified atom stereocenters. The standard InChI is InChI=1S/C27H32ClN3O5/c1-15(2)8-11-36-21-7-6-17(13-22(21)35-4)26-23-24(18-14-19(28)16(3)12-20(18)33)29-30-25(23)27(34)31(26)9-5-10-32/h6-7,12-15,26,32-33H,5,8-11H2,1-4H3,(H,29,30). The van der Waals surface area contributed by atoms with E-state index in [1.807, 2.05) is 18.2 Å². The fourth-order valence-corrected chi connectivity index (χ4v) is 4.62. The highest BCUT2D eigenvalue weighted by molar-refractivity contribution is 6.31. The lowest BCUT2D eigenvalue weighted by Crippen LogP contribution is -2.31. The number of rotatable bonds is 10. The van der Waals surface area contributed by atoms with Crippen molar-refractivity contribution in [2.75, 3.05) is 26.9 Å². The van der Waals surface area contributed by atoms with Gasteiger partial charge in [-0.3, -0.25) is 9.89 Å². The Balaban J connectivity index is 1.80. The lowest BCUT2D eigenvalue weighted by molar-refractivity contribution is 0.0732. The Kier molecular flexibility index (Phi) is 7.76. The molecule has 2 aromatic carbocycles. The number of aliphatic hydroxyl groups excluding tert-OH is 1. The number of aromatic amines is 1. The molecule has 9 heteroatoms. The predicted molar refractivity (Wildman–Crippen MR) is 138 cm³/mol. The molecule has 1 aliphatic rings. The second kappa shape index (κ2) is 10.8. The molecule has 0 bridgehead atoms. The normalized spacial score (nSPS) is 15.0. The van der Waals surface area contributed by atoms with Gasteiger partial charge in [-0.25, -0.2) is 0 Å². The fraction of sp³-hybridized carbons (Fsp3) is 0.407. The van der Waals surface area contributed by atoms with Crippen molar-refractivity contribution in [3.63, 3.8) is 0 Å². The number of aromatic hydroxyl groups is 1. The minimum atomic E-state index is -0.508. The summed E-state index contributed by atoms with van der Waals surface area (Å²) in [6.45, 7) is 6.96. The van der Waals surface area contributed by atoms with Gasteiger partial charge in [-0.05, 0) is 61.1 Å². The summed E-state index contributed by atoms with van der Waals surface area (Å²) in [4.78, 5) is 15.1. The van der Waals surface area contributed by atoms with Gasteiger partial charge in [0, 0.05) is 29.3 Å². The topological polar surface area (TPSA) is 108 Å². The first kappa shape index (κ1) is 25.9. The van der Waals surface area contributed by atoms with Crippen LogP contribution in [0.15, 0.2) is 30.3 Å². The summed E-state index contributed by atoms with van der Waals surface area (Å²) in [6, 6.07) is 8.35. The SMILES string of the molecule is COc1cc(C2c3c(-c4cc(Cl)c(C)cc4O)n[nH]c3C(=O)N2CCCO)ccc1OCCC(C)C. The number of benzene rings is 2. The molecule has 1 amide bonds. The molecule has 4 rings (SSSR count). The monoisotopic (exact) mass is 513 g/mol. The first-order chi connectivity index (χ1) is 17.3. The Morgan fingerprint density at radius 1 is 1.22 bits per heavy atom. The summed E-state index contributed by atoms with van der Waals surface area (Å²) in [6.07, 6.45) is 1.34. The van der Waals surface area contributed by atoms with E-state index >= 15 is 0 Å². The maximum Gasteiger partial charge on any atom is 0.273 e. The molecule has 0 aliphatic carbocycles. The molecule has 3 N–H and O–H groups in total. The van der Waals surface area contributed by atoms with Crippen LogP contribution in [0.25, 0.3) is 11.3 Å². The van der Waals surface area contributed by atoms with E-state index in [9.17, 15) is 15.0 Å². The Hall–Kier alpha value is -3.23. The van der Waals surface area contributed by atoms with Crippen molar-refractivity contribution in [1.29, 1.82) is 0 Å². The zero-order valence-corrected chi connectivity index (χ0v) is 21.7. The zero-order valence-electron chi connectivity index (χ0n) is 21.0. The number of hydrogen-bond acceptors (Lipinski definition) is 6. The number of amides is 1. The number of carbonyl (C=O) groups excluding carboxylic acids is 1. The molecule has 2 heterocycles. The number of methoxy groups -OCH3 is 1. The van der Waals surface area contributed by atoms with Crippen molar-refractivity contribution in [3.05, 3.63) is 57.7 Å². The van der Waals surface area contributed by atoms with Gasteiger partial charge in [-0.2, -0.15) is 5.10 Å². The molecule has 192 valence electrons. The molecule has 0 saturated carbocycles. The molecule has 0 spiro atoms. The van der Waals surface area contributed by atoms with Crippen molar-refractivity contribution in [3.8, 4) is 28.5 Å². The van der Waals surface area contributed by atoms with Gasteiger partial charge in [0.1, 0.15) is 17.1 Å². The van der Waals surface area contributed by atoms with Crippen LogP contribution in [-0.4, -0.2) is 58.1 Å². The van der Waals surface area contributed by atoms with E-state index in [2.05, 4.69) is 24.0 Å². The Morgan fingerprint density at radius 2 is 2.00 bits per heavy atom. The number of H-pyrrole nitrogens is 1. The second-order valence-corrected chi connectivity index (χ2v) is 9.81. The fourth-order valence-electron chi connectivity index (χ4n) is 4.45. The van der Waals surface area contributed by atoms with E-state index in [1.165, 1.54) is 0 Å². The maximum atomic E-state index is 13.4. The number of aryl methyl sites for hydroxylation is 1. The van der Waals surface area contributed by atoms with Crippen LogP contribution >= 0.6 is 11.6 Å². The van der Waals surface area contributed by atoms with Gasteiger partial charge in [-0.1, -0.05) is 31.5 Å².